The van der Waals surface area contributed by atoms with Gasteiger partial charge < -0.3 is 11.5 Å². The van der Waals surface area contributed by atoms with E-state index in [2.05, 4.69) is 0 Å². The molecular weight excluding hydrogens is 410 g/mol. The molecule has 5 nitrogen and oxygen atoms in total. The zero-order chi connectivity index (χ0) is 23.7. The van der Waals surface area contributed by atoms with E-state index in [4.69, 9.17) is 11.5 Å². The largest absolute Gasteiger partial charge is 0.368 e. The molecule has 0 aliphatic carbocycles. The Morgan fingerprint density at radius 2 is 1.33 bits per heavy atom. The van der Waals surface area contributed by atoms with Crippen molar-refractivity contribution in [3.63, 3.8) is 0 Å². The van der Waals surface area contributed by atoms with Gasteiger partial charge >= 0.3 is 0 Å². The van der Waals surface area contributed by atoms with Crippen molar-refractivity contribution in [2.45, 2.75) is 30.7 Å². The van der Waals surface area contributed by atoms with Crippen molar-refractivity contribution in [1.82, 2.24) is 4.90 Å². The summed E-state index contributed by atoms with van der Waals surface area (Å²) in [4.78, 5) is 29.3. The van der Waals surface area contributed by atoms with Crippen LogP contribution >= 0.6 is 0 Å². The fourth-order valence-electron chi connectivity index (χ4n) is 4.45. The first kappa shape index (κ1) is 24.4. The van der Waals surface area contributed by atoms with Crippen molar-refractivity contribution >= 4 is 11.7 Å². The minimum absolute atomic E-state index is 0.212. The molecule has 0 heterocycles. The van der Waals surface area contributed by atoms with E-state index in [0.29, 0.717) is 25.9 Å². The molecule has 33 heavy (non-hydrogen) atoms. The van der Waals surface area contributed by atoms with E-state index in [1.165, 1.54) is 0 Å². The van der Waals surface area contributed by atoms with Crippen LogP contribution in [0.3, 0.4) is 0 Å². The number of primary amides is 1. The summed E-state index contributed by atoms with van der Waals surface area (Å²) in [5, 5.41) is 0. The number of nitrogens with two attached hydrogens (primary N) is 2. The lowest BCUT2D eigenvalue weighted by Crippen LogP contribution is -2.63. The Hall–Kier alpha value is -3.28. The zero-order valence-corrected chi connectivity index (χ0v) is 19.2. The molecule has 0 unspecified atom stereocenters. The molecule has 0 saturated carbocycles. The number of carbonyl (C=O) groups is 2. The number of Topliss-reactive ketones (excluding diaryl/α,β-unsaturated/α-hetero) is 1. The van der Waals surface area contributed by atoms with Crippen molar-refractivity contribution in [3.05, 3.63) is 108 Å². The molecule has 1 amide bonds. The maximum absolute atomic E-state index is 14.4. The Morgan fingerprint density at radius 1 is 0.848 bits per heavy atom. The number of hydrogen-bond donors (Lipinski definition) is 2. The van der Waals surface area contributed by atoms with Gasteiger partial charge in [-0.25, -0.2) is 0 Å². The van der Waals surface area contributed by atoms with Crippen LogP contribution < -0.4 is 11.5 Å². The molecule has 0 saturated heterocycles. The van der Waals surface area contributed by atoms with Gasteiger partial charge in [-0.15, -0.1) is 0 Å². The summed E-state index contributed by atoms with van der Waals surface area (Å²) in [6.45, 7) is 0.885. The lowest BCUT2D eigenvalue weighted by atomic mass is 9.75. The lowest BCUT2D eigenvalue weighted by molar-refractivity contribution is -0.143. The highest BCUT2D eigenvalue weighted by atomic mass is 16.2. The van der Waals surface area contributed by atoms with E-state index in [-0.39, 0.29) is 12.2 Å². The number of benzene rings is 3. The van der Waals surface area contributed by atoms with Gasteiger partial charge in [0.05, 0.1) is 5.92 Å². The number of likely N-dealkylation sites (N-methyl/N-ethyl adjacent to an activating group) is 1. The Labute approximate surface area is 196 Å². The van der Waals surface area contributed by atoms with Gasteiger partial charge in [-0.2, -0.15) is 0 Å². The van der Waals surface area contributed by atoms with Crippen LogP contribution in [0.4, 0.5) is 0 Å². The highest BCUT2D eigenvalue weighted by Gasteiger charge is 2.50. The normalized spacial score (nSPS) is 13.1. The molecule has 0 bridgehead atoms. The smallest absolute Gasteiger partial charge is 0.245 e. The number of rotatable bonds is 12. The van der Waals surface area contributed by atoms with Crippen molar-refractivity contribution < 1.29 is 9.59 Å². The van der Waals surface area contributed by atoms with Gasteiger partial charge in [0.25, 0.3) is 0 Å². The first-order chi connectivity index (χ1) is 16.0. The molecule has 3 rings (SSSR count). The summed E-state index contributed by atoms with van der Waals surface area (Å²) in [5.74, 6) is -1.46. The maximum Gasteiger partial charge on any atom is 0.245 e. The van der Waals surface area contributed by atoms with Crippen molar-refractivity contribution in [3.8, 4) is 0 Å². The second-order valence-corrected chi connectivity index (χ2v) is 8.39. The van der Waals surface area contributed by atoms with Crippen molar-refractivity contribution in [2.75, 3.05) is 20.1 Å². The van der Waals surface area contributed by atoms with Gasteiger partial charge in [-0.1, -0.05) is 91.0 Å². The first-order valence-corrected chi connectivity index (χ1v) is 11.4. The summed E-state index contributed by atoms with van der Waals surface area (Å²) in [6, 6.07) is 29.2. The first-order valence-electron chi connectivity index (χ1n) is 11.4. The molecule has 0 aliphatic heterocycles. The summed E-state index contributed by atoms with van der Waals surface area (Å²) in [7, 11) is 1.81. The minimum Gasteiger partial charge on any atom is -0.368 e. The number of amides is 1. The Morgan fingerprint density at radius 3 is 1.79 bits per heavy atom. The minimum atomic E-state index is -1.47. The Bertz CT molecular complexity index is 985. The van der Waals surface area contributed by atoms with Crippen LogP contribution in [0.2, 0.25) is 0 Å². The highest BCUT2D eigenvalue weighted by molar-refractivity contribution is 6.13. The Kier molecular flexibility index (Phi) is 8.52. The fraction of sp³-hybridized carbons (Fsp3) is 0.286. The average molecular weight is 444 g/mol. The molecule has 0 spiro atoms. The predicted molar refractivity (Wildman–Crippen MR) is 133 cm³/mol. The maximum atomic E-state index is 14.4. The second-order valence-electron chi connectivity index (χ2n) is 8.39. The monoisotopic (exact) mass is 443 g/mol. The van der Waals surface area contributed by atoms with Gasteiger partial charge in [0.2, 0.25) is 5.91 Å². The van der Waals surface area contributed by atoms with E-state index in [0.717, 1.165) is 16.7 Å². The van der Waals surface area contributed by atoms with E-state index < -0.39 is 17.4 Å². The summed E-state index contributed by atoms with van der Waals surface area (Å²) in [5.41, 5.74) is 13.2. The third-order valence-corrected chi connectivity index (χ3v) is 6.32. The van der Waals surface area contributed by atoms with Crippen LogP contribution in [0.5, 0.6) is 0 Å². The average Bonchev–Trinajstić information content (AvgIpc) is 2.85. The van der Waals surface area contributed by atoms with Gasteiger partial charge in [-0.3, -0.25) is 14.5 Å². The standard InChI is InChI=1S/C28H33N3O2/c1-31(21-18-22-12-5-2-6-13-22)28(27(30)33,19-11-20-29)26(32)25(23-14-7-3-8-15-23)24-16-9-4-10-17-24/h2-10,12-17,25H,11,18-21,29H2,1H3,(H2,30,33)/t28-/m1/s1. The van der Waals surface area contributed by atoms with E-state index in [9.17, 15) is 9.59 Å². The number of hydrogen-bond acceptors (Lipinski definition) is 4. The van der Waals surface area contributed by atoms with Crippen LogP contribution in [-0.2, 0) is 16.0 Å². The quantitative estimate of drug-likeness (QED) is 0.419. The molecule has 1 atom stereocenters. The number of carbonyl (C=O) groups excluding carboxylic acids is 2. The fourth-order valence-corrected chi connectivity index (χ4v) is 4.45. The van der Waals surface area contributed by atoms with Crippen LogP contribution in [-0.4, -0.2) is 42.3 Å². The summed E-state index contributed by atoms with van der Waals surface area (Å²) < 4.78 is 0. The van der Waals surface area contributed by atoms with Crippen LogP contribution in [0, 0.1) is 0 Å². The van der Waals surface area contributed by atoms with Crippen molar-refractivity contribution in [2.24, 2.45) is 11.5 Å². The summed E-state index contributed by atoms with van der Waals surface area (Å²) in [6.07, 6.45) is 1.49. The highest BCUT2D eigenvalue weighted by Crippen LogP contribution is 2.34. The third kappa shape index (κ3) is 5.56. The van der Waals surface area contributed by atoms with Crippen molar-refractivity contribution in [1.29, 1.82) is 0 Å². The lowest BCUT2D eigenvalue weighted by Gasteiger charge is -2.40. The molecule has 172 valence electrons. The third-order valence-electron chi connectivity index (χ3n) is 6.32. The molecule has 0 aliphatic rings. The van der Waals surface area contributed by atoms with Crippen LogP contribution in [0.1, 0.15) is 35.4 Å². The molecule has 5 heteroatoms. The molecule has 0 fully saturated rings. The van der Waals surface area contributed by atoms with E-state index in [1.54, 1.807) is 0 Å². The SMILES string of the molecule is CN(CCc1ccccc1)[C@@](CCCN)(C(N)=O)C(=O)C(c1ccccc1)c1ccccc1. The number of ketones is 1. The van der Waals surface area contributed by atoms with Gasteiger partial charge in [0, 0.05) is 6.54 Å². The molecular formula is C28H33N3O2. The van der Waals surface area contributed by atoms with Crippen LogP contribution in [0.25, 0.3) is 0 Å². The Balaban J connectivity index is 2.04. The predicted octanol–water partition coefficient (Wildman–Crippen LogP) is 3.53. The van der Waals surface area contributed by atoms with E-state index in [1.807, 2.05) is 103 Å². The zero-order valence-electron chi connectivity index (χ0n) is 19.2. The molecule has 0 aromatic heterocycles. The van der Waals surface area contributed by atoms with Gasteiger partial charge in [0.15, 0.2) is 11.3 Å². The topological polar surface area (TPSA) is 89.4 Å². The number of nitrogens with zero attached hydrogens (tertiary/aromatic N) is 1. The summed E-state index contributed by atoms with van der Waals surface area (Å²) >= 11 is 0. The molecule has 3 aromatic carbocycles. The molecule has 4 N–H and O–H groups in total. The second kappa shape index (κ2) is 11.5. The van der Waals surface area contributed by atoms with Gasteiger partial charge in [-0.05, 0) is 49.5 Å². The molecule has 3 aromatic rings. The van der Waals surface area contributed by atoms with Crippen LogP contribution in [0.15, 0.2) is 91.0 Å². The van der Waals surface area contributed by atoms with E-state index >= 15 is 0 Å². The van der Waals surface area contributed by atoms with Gasteiger partial charge in [0.1, 0.15) is 0 Å². The molecule has 0 radical (unpaired) electrons.